The maximum atomic E-state index is 4.97. The molecule has 2 aromatic carbocycles. The molecule has 3 heteroatoms. The Morgan fingerprint density at radius 3 is 0.826 bits per heavy atom. The van der Waals surface area contributed by atoms with Gasteiger partial charge in [-0.1, -0.05) is 34.6 Å². The second-order valence-corrected chi connectivity index (χ2v) is 12.2. The van der Waals surface area contributed by atoms with Gasteiger partial charge < -0.3 is 27.8 Å². The van der Waals surface area contributed by atoms with Crippen LogP contribution in [0.25, 0.3) is 0 Å². The summed E-state index contributed by atoms with van der Waals surface area (Å²) < 4.78 is 0. The average Bonchev–Trinajstić information content (AvgIpc) is 2.80. The van der Waals surface area contributed by atoms with Crippen LogP contribution in [0, 0.1) is 94.3 Å². The van der Waals surface area contributed by atoms with Crippen molar-refractivity contribution in [2.75, 3.05) is 0 Å². The molecule has 134 valence electrons. The van der Waals surface area contributed by atoms with Crippen LogP contribution in [0.5, 0.6) is 0 Å². The van der Waals surface area contributed by atoms with E-state index in [9.17, 15) is 0 Å². The summed E-state index contributed by atoms with van der Waals surface area (Å²) >= 11 is -1.06. The molecule has 0 amide bonds. The molecule has 0 spiro atoms. The molecule has 2 rings (SSSR count). The summed E-state index contributed by atoms with van der Waals surface area (Å²) in [7, 11) is 9.95. The van der Waals surface area contributed by atoms with E-state index < -0.39 is 25.1 Å². The summed E-state index contributed by atoms with van der Waals surface area (Å²) in [5, 5.41) is 0. The third kappa shape index (κ3) is 5.68. The van der Waals surface area contributed by atoms with Gasteiger partial charge in [-0.3, -0.25) is 0 Å². The van der Waals surface area contributed by atoms with Crippen molar-refractivity contribution in [2.24, 2.45) is 0 Å². The van der Waals surface area contributed by atoms with Gasteiger partial charge in [0.05, 0.1) is 0 Å². The van der Waals surface area contributed by atoms with E-state index in [0.717, 1.165) is 0 Å². The van der Waals surface area contributed by atoms with Crippen LogP contribution in [0.2, 0.25) is 0 Å². The van der Waals surface area contributed by atoms with Crippen molar-refractivity contribution in [3.63, 3.8) is 0 Å². The van der Waals surface area contributed by atoms with E-state index in [1.165, 1.54) is 55.6 Å². The minimum atomic E-state index is -1.06. The number of hydrogen-bond donors (Lipinski definition) is 0. The second kappa shape index (κ2) is 10.4. The Morgan fingerprint density at radius 2 is 0.739 bits per heavy atom. The summed E-state index contributed by atoms with van der Waals surface area (Å²) in [6.07, 6.45) is 0. The van der Waals surface area contributed by atoms with Gasteiger partial charge in [0.1, 0.15) is 0 Å². The van der Waals surface area contributed by atoms with Crippen LogP contribution in [0.15, 0.2) is 0 Å². The minimum absolute atomic E-state index is 1.06. The molecule has 0 bridgehead atoms. The fourth-order valence-electron chi connectivity index (χ4n) is 2.81. The number of halogens is 2. The van der Waals surface area contributed by atoms with Crippen LogP contribution < -0.4 is 0 Å². The molecule has 0 fully saturated rings. The van der Waals surface area contributed by atoms with E-state index in [-0.39, 0.29) is 0 Å². The molecule has 0 aliphatic carbocycles. The molecule has 0 heterocycles. The normalized spacial score (nSPS) is 9.57. The van der Waals surface area contributed by atoms with Gasteiger partial charge in [0.25, 0.3) is 0 Å². The average molecular weight is 579 g/mol. The van der Waals surface area contributed by atoms with E-state index >= 15 is 0 Å². The van der Waals surface area contributed by atoms with Crippen molar-refractivity contribution >= 4 is 15.2 Å². The summed E-state index contributed by atoms with van der Waals surface area (Å²) in [5.41, 5.74) is 14.7. The Balaban J connectivity index is 0.000000360. The van der Waals surface area contributed by atoms with Crippen molar-refractivity contribution in [1.82, 2.24) is 0 Å². The molecule has 0 atom stereocenters. The Morgan fingerprint density at radius 1 is 0.565 bits per heavy atom. The predicted octanol–water partition coefficient (Wildman–Crippen LogP) is 7.27. The van der Waals surface area contributed by atoms with Crippen molar-refractivity contribution in [3.8, 4) is 0 Å². The van der Waals surface area contributed by atoms with E-state index in [1.54, 1.807) is 0 Å². The third-order valence-electron chi connectivity index (χ3n) is 5.62. The molecule has 0 unspecified atom stereocenters. The van der Waals surface area contributed by atoms with Crippen LogP contribution in [0.1, 0.15) is 55.6 Å². The van der Waals surface area contributed by atoms with Crippen molar-refractivity contribution in [2.45, 2.75) is 69.2 Å². The van der Waals surface area contributed by atoms with Crippen molar-refractivity contribution in [1.29, 1.82) is 0 Å². The fraction of sp³-hybridized carbons (Fsp3) is 0.500. The van der Waals surface area contributed by atoms with Gasteiger partial charge >= 0.3 is 40.3 Å². The SMILES string of the molecule is C[c-]1[c-](C)[c-](C)[c-](C)[c-]1C.Cc1c(C)c(C)[c-](C)c1C.[Cl][U][Cl]. The van der Waals surface area contributed by atoms with Crippen LogP contribution in [0.4, 0.5) is 0 Å². The summed E-state index contributed by atoms with van der Waals surface area (Å²) in [5.74, 6) is 0. The van der Waals surface area contributed by atoms with Gasteiger partial charge in [-0.25, -0.2) is 34.6 Å². The van der Waals surface area contributed by atoms with Gasteiger partial charge in [-0.2, -0.15) is 27.8 Å². The predicted molar refractivity (Wildman–Crippen MR) is 103 cm³/mol. The van der Waals surface area contributed by atoms with Crippen LogP contribution in [0.3, 0.4) is 0 Å². The summed E-state index contributed by atoms with van der Waals surface area (Å²) in [6.45, 7) is 22.0. The van der Waals surface area contributed by atoms with Gasteiger partial charge in [0, 0.05) is 0 Å². The van der Waals surface area contributed by atoms with Crippen molar-refractivity contribution < 1.29 is 25.1 Å². The molecule has 0 N–H and O–H groups in total. The molecule has 0 aliphatic heterocycles. The van der Waals surface area contributed by atoms with E-state index in [0.29, 0.717) is 0 Å². The fourth-order valence-corrected chi connectivity index (χ4v) is 2.81. The molecule has 2 aromatic rings. The maximum absolute atomic E-state index is 4.97. The molecule has 0 aromatic heterocycles. The van der Waals surface area contributed by atoms with Crippen LogP contribution in [-0.2, 0) is 0 Å². The second-order valence-electron chi connectivity index (χ2n) is 6.32. The molecule has 0 nitrogen and oxygen atoms in total. The van der Waals surface area contributed by atoms with Crippen LogP contribution in [-0.4, -0.2) is 0 Å². The summed E-state index contributed by atoms with van der Waals surface area (Å²) in [4.78, 5) is 0. The number of rotatable bonds is 0. The molecular formula is C20H30Cl2U-6. The van der Waals surface area contributed by atoms with Gasteiger partial charge in [0.2, 0.25) is 0 Å². The van der Waals surface area contributed by atoms with E-state index in [2.05, 4.69) is 69.2 Å². The Bertz CT molecular complexity index is 429. The molecule has 0 radical (unpaired) electrons. The van der Waals surface area contributed by atoms with Gasteiger partial charge in [0.15, 0.2) is 0 Å². The first-order chi connectivity index (χ1) is 10.5. The molecule has 0 saturated carbocycles. The Labute approximate surface area is 164 Å². The topological polar surface area (TPSA) is 0 Å². The van der Waals surface area contributed by atoms with Gasteiger partial charge in [-0.15, -0.1) is 0 Å². The quantitative estimate of drug-likeness (QED) is 0.288. The zero-order valence-electron chi connectivity index (χ0n) is 16.3. The van der Waals surface area contributed by atoms with Gasteiger partial charge in [-0.05, 0) is 0 Å². The van der Waals surface area contributed by atoms with E-state index in [1.807, 2.05) is 0 Å². The van der Waals surface area contributed by atoms with Crippen LogP contribution >= 0.6 is 15.2 Å². The molecule has 23 heavy (non-hydrogen) atoms. The summed E-state index contributed by atoms with van der Waals surface area (Å²) in [6, 6.07) is 0. The standard InChI is InChI=1S/2C10H15.2ClH.U/c2*1-6-7(2)9(4)10(5)8(6)3;;;/h2*1-5H3;2*1H;/q-5;-1;;;+2/p-2. The monoisotopic (exact) mass is 578 g/mol. The molecule has 0 aliphatic rings. The van der Waals surface area contributed by atoms with Crippen molar-refractivity contribution in [3.05, 3.63) is 55.6 Å². The van der Waals surface area contributed by atoms with E-state index in [4.69, 9.17) is 15.2 Å². The molecule has 0 saturated heterocycles. The Hall–Kier alpha value is 0.332. The number of hydrogen-bond acceptors (Lipinski definition) is 0. The first-order valence-electron chi connectivity index (χ1n) is 7.88. The molecular weight excluding hydrogens is 549 g/mol. The zero-order valence-corrected chi connectivity index (χ0v) is 21.9. The first kappa shape index (κ1) is 23.3. The first-order valence-corrected chi connectivity index (χ1v) is 18.1. The zero-order chi connectivity index (χ0) is 18.5. The third-order valence-corrected chi connectivity index (χ3v) is 5.62. The Kier molecular flexibility index (Phi) is 10.5.